The Kier molecular flexibility index (Phi) is 6.72. The highest BCUT2D eigenvalue weighted by Crippen LogP contribution is 2.25. The van der Waals surface area contributed by atoms with E-state index in [1.165, 1.54) is 12.1 Å². The second-order valence-corrected chi connectivity index (χ2v) is 8.00. The van der Waals surface area contributed by atoms with E-state index in [4.69, 9.17) is 9.47 Å². The molecule has 4 rings (SSSR count). The number of ether oxygens (including phenoxy) is 2. The molecule has 32 heavy (non-hydrogen) atoms. The fraction of sp³-hybridized carbons (Fsp3) is 0.292. The molecule has 1 aliphatic rings. The highest BCUT2D eigenvalue weighted by Gasteiger charge is 2.25. The SMILES string of the molecule is C[N+]1(CCNC(=O)c2nccc(-c3ccc(Oc4ccc(F)cc4)cc3)n2)CCOCC1. The summed E-state index contributed by atoms with van der Waals surface area (Å²) in [5.41, 5.74) is 1.48. The number of hydrogen-bond acceptors (Lipinski definition) is 5. The average molecular weight is 437 g/mol. The molecule has 1 fully saturated rings. The number of quaternary nitrogens is 1. The number of aromatic nitrogens is 2. The van der Waals surface area contributed by atoms with Gasteiger partial charge in [-0.05, 0) is 54.6 Å². The number of nitrogens with one attached hydrogen (secondary N) is 1. The molecule has 0 spiro atoms. The highest BCUT2D eigenvalue weighted by atomic mass is 19.1. The Hall–Kier alpha value is -3.36. The van der Waals surface area contributed by atoms with Crippen molar-refractivity contribution in [3.63, 3.8) is 0 Å². The van der Waals surface area contributed by atoms with Gasteiger partial charge in [-0.3, -0.25) is 4.79 Å². The van der Waals surface area contributed by atoms with E-state index in [0.717, 1.165) is 42.9 Å². The van der Waals surface area contributed by atoms with Crippen LogP contribution < -0.4 is 10.1 Å². The second kappa shape index (κ2) is 9.84. The lowest BCUT2D eigenvalue weighted by atomic mass is 10.1. The lowest BCUT2D eigenvalue weighted by Crippen LogP contribution is -2.54. The van der Waals surface area contributed by atoms with Gasteiger partial charge in [0.25, 0.3) is 5.91 Å². The van der Waals surface area contributed by atoms with Gasteiger partial charge in [-0.2, -0.15) is 0 Å². The summed E-state index contributed by atoms with van der Waals surface area (Å²) in [6.45, 7) is 4.79. The molecule has 1 amide bonds. The molecule has 0 aliphatic carbocycles. The highest BCUT2D eigenvalue weighted by molar-refractivity contribution is 5.90. The van der Waals surface area contributed by atoms with Crippen molar-refractivity contribution in [2.45, 2.75) is 0 Å². The summed E-state index contributed by atoms with van der Waals surface area (Å²) in [5, 5.41) is 2.92. The molecule has 0 saturated carbocycles. The van der Waals surface area contributed by atoms with E-state index in [2.05, 4.69) is 22.3 Å². The van der Waals surface area contributed by atoms with Crippen LogP contribution >= 0.6 is 0 Å². The minimum atomic E-state index is -0.312. The fourth-order valence-electron chi connectivity index (χ4n) is 3.49. The Labute approximate surface area is 186 Å². The number of carbonyl (C=O) groups excluding carboxylic acids is 1. The Morgan fingerprint density at radius 2 is 1.72 bits per heavy atom. The zero-order valence-electron chi connectivity index (χ0n) is 18.0. The molecular formula is C24H26FN4O3+. The zero-order chi connectivity index (χ0) is 22.4. The first-order valence-corrected chi connectivity index (χ1v) is 10.6. The van der Waals surface area contributed by atoms with Gasteiger partial charge in [-0.1, -0.05) is 0 Å². The van der Waals surface area contributed by atoms with Crippen molar-refractivity contribution in [2.75, 3.05) is 46.4 Å². The third kappa shape index (κ3) is 5.66. The zero-order valence-corrected chi connectivity index (χ0v) is 18.0. The average Bonchev–Trinajstić information content (AvgIpc) is 2.81. The molecule has 8 heteroatoms. The molecule has 1 aromatic heterocycles. The molecule has 0 atom stereocenters. The van der Waals surface area contributed by atoms with E-state index in [1.54, 1.807) is 36.5 Å². The monoisotopic (exact) mass is 437 g/mol. The van der Waals surface area contributed by atoms with Crippen LogP contribution in [-0.2, 0) is 4.74 Å². The van der Waals surface area contributed by atoms with Gasteiger partial charge in [-0.25, -0.2) is 14.4 Å². The van der Waals surface area contributed by atoms with Crippen LogP contribution in [0.5, 0.6) is 11.5 Å². The molecule has 2 heterocycles. The van der Waals surface area contributed by atoms with Crippen LogP contribution in [0, 0.1) is 5.82 Å². The summed E-state index contributed by atoms with van der Waals surface area (Å²) >= 11 is 0. The van der Waals surface area contributed by atoms with Gasteiger partial charge >= 0.3 is 0 Å². The number of amides is 1. The maximum Gasteiger partial charge on any atom is 0.289 e. The Bertz CT molecular complexity index is 1050. The number of carbonyl (C=O) groups is 1. The van der Waals surface area contributed by atoms with Crippen LogP contribution in [-0.4, -0.2) is 66.8 Å². The molecule has 2 aromatic carbocycles. The van der Waals surface area contributed by atoms with Crippen molar-refractivity contribution in [3.05, 3.63) is 72.4 Å². The van der Waals surface area contributed by atoms with E-state index < -0.39 is 0 Å². The van der Waals surface area contributed by atoms with Gasteiger partial charge < -0.3 is 19.3 Å². The van der Waals surface area contributed by atoms with Gasteiger partial charge in [0, 0.05) is 11.8 Å². The van der Waals surface area contributed by atoms with E-state index in [0.29, 0.717) is 23.7 Å². The van der Waals surface area contributed by atoms with Crippen molar-refractivity contribution >= 4 is 5.91 Å². The van der Waals surface area contributed by atoms with Crippen LogP contribution in [0.15, 0.2) is 60.8 Å². The number of morpholine rings is 1. The molecule has 166 valence electrons. The van der Waals surface area contributed by atoms with Gasteiger partial charge in [0.05, 0.1) is 39.0 Å². The van der Waals surface area contributed by atoms with Crippen molar-refractivity contribution in [1.82, 2.24) is 15.3 Å². The number of rotatable bonds is 7. The molecular weight excluding hydrogens is 411 g/mol. The number of benzene rings is 2. The lowest BCUT2D eigenvalue weighted by Gasteiger charge is -2.37. The molecule has 7 nitrogen and oxygen atoms in total. The lowest BCUT2D eigenvalue weighted by molar-refractivity contribution is -0.915. The number of halogens is 1. The molecule has 1 saturated heterocycles. The number of nitrogens with zero attached hydrogens (tertiary/aromatic N) is 3. The minimum Gasteiger partial charge on any atom is -0.457 e. The quantitative estimate of drug-likeness (QED) is 0.575. The van der Waals surface area contributed by atoms with Gasteiger partial charge in [0.15, 0.2) is 0 Å². The summed E-state index contributed by atoms with van der Waals surface area (Å²) in [6.07, 6.45) is 1.58. The normalized spacial score (nSPS) is 15.2. The van der Waals surface area contributed by atoms with E-state index in [-0.39, 0.29) is 17.5 Å². The van der Waals surface area contributed by atoms with Gasteiger partial charge in [0.1, 0.15) is 30.4 Å². The molecule has 1 aliphatic heterocycles. The maximum absolute atomic E-state index is 13.0. The first-order valence-electron chi connectivity index (χ1n) is 10.6. The van der Waals surface area contributed by atoms with Crippen LogP contribution in [0.2, 0.25) is 0 Å². The summed E-state index contributed by atoms with van der Waals surface area (Å²) in [5.74, 6) is 0.704. The van der Waals surface area contributed by atoms with Crippen molar-refractivity contribution in [3.8, 4) is 22.8 Å². The number of hydrogen-bond donors (Lipinski definition) is 1. The third-order valence-electron chi connectivity index (χ3n) is 5.55. The molecule has 3 aromatic rings. The third-order valence-corrected chi connectivity index (χ3v) is 5.55. The predicted molar refractivity (Wildman–Crippen MR) is 118 cm³/mol. The summed E-state index contributed by atoms with van der Waals surface area (Å²) in [7, 11) is 2.18. The largest absolute Gasteiger partial charge is 0.457 e. The van der Waals surface area contributed by atoms with Crippen LogP contribution in [0.3, 0.4) is 0 Å². The Morgan fingerprint density at radius 3 is 2.41 bits per heavy atom. The molecule has 0 unspecified atom stereocenters. The van der Waals surface area contributed by atoms with E-state index in [1.807, 2.05) is 12.1 Å². The number of likely N-dealkylation sites (N-methyl/N-ethyl adjacent to an activating group) is 1. The van der Waals surface area contributed by atoms with Gasteiger partial charge in [0.2, 0.25) is 5.82 Å². The summed E-state index contributed by atoms with van der Waals surface area (Å²) in [6, 6.07) is 14.9. The van der Waals surface area contributed by atoms with Crippen molar-refractivity contribution in [2.24, 2.45) is 0 Å². The van der Waals surface area contributed by atoms with Gasteiger partial charge in [-0.15, -0.1) is 0 Å². The Morgan fingerprint density at radius 1 is 1.06 bits per heavy atom. The van der Waals surface area contributed by atoms with Crippen molar-refractivity contribution < 1.29 is 23.1 Å². The topological polar surface area (TPSA) is 73.3 Å². The van der Waals surface area contributed by atoms with E-state index >= 15 is 0 Å². The molecule has 0 radical (unpaired) electrons. The van der Waals surface area contributed by atoms with Crippen LogP contribution in [0.25, 0.3) is 11.3 Å². The van der Waals surface area contributed by atoms with Crippen molar-refractivity contribution in [1.29, 1.82) is 0 Å². The summed E-state index contributed by atoms with van der Waals surface area (Å²) in [4.78, 5) is 21.1. The maximum atomic E-state index is 13.0. The smallest absolute Gasteiger partial charge is 0.289 e. The summed E-state index contributed by atoms with van der Waals surface area (Å²) < 4.78 is 25.0. The standard InChI is InChI=1S/C24H25FN4O3/c1-29(14-16-31-17-15-29)13-12-27-24(30)23-26-11-10-22(28-23)18-2-6-20(7-3-18)32-21-8-4-19(25)5-9-21/h2-11H,12-17H2,1H3/p+1. The predicted octanol–water partition coefficient (Wildman–Crippen LogP) is 3.28. The van der Waals surface area contributed by atoms with Crippen LogP contribution in [0.1, 0.15) is 10.6 Å². The first-order chi connectivity index (χ1) is 15.5. The minimum absolute atomic E-state index is 0.138. The fourth-order valence-corrected chi connectivity index (χ4v) is 3.49. The van der Waals surface area contributed by atoms with E-state index in [9.17, 15) is 9.18 Å². The Balaban J connectivity index is 1.36. The molecule has 0 bridgehead atoms. The first kappa shape index (κ1) is 21.9. The second-order valence-electron chi connectivity index (χ2n) is 8.00. The molecule has 1 N–H and O–H groups in total. The van der Waals surface area contributed by atoms with Crippen LogP contribution in [0.4, 0.5) is 4.39 Å².